The third kappa shape index (κ3) is 2.92. The minimum Gasteiger partial charge on any atom is -0.489 e. The minimum atomic E-state index is -0.502. The van der Waals surface area contributed by atoms with Gasteiger partial charge in [-0.05, 0) is 48.7 Å². The van der Waals surface area contributed by atoms with Crippen molar-refractivity contribution in [1.82, 2.24) is 0 Å². The lowest BCUT2D eigenvalue weighted by Crippen LogP contribution is -1.99. The van der Waals surface area contributed by atoms with Crippen LogP contribution in [0.4, 0.5) is 4.39 Å². The molecule has 0 saturated carbocycles. The molecule has 0 radical (unpaired) electrons. The molecule has 0 unspecified atom stereocenters. The number of rotatable bonds is 3. The van der Waals surface area contributed by atoms with Crippen molar-refractivity contribution in [2.24, 2.45) is 0 Å². The number of hydrogen-bond acceptors (Lipinski definition) is 2. The first-order chi connectivity index (χ1) is 9.11. The molecule has 0 aliphatic carbocycles. The van der Waals surface area contributed by atoms with Crippen molar-refractivity contribution in [1.29, 1.82) is 5.26 Å². The molecule has 0 atom stereocenters. The zero-order chi connectivity index (χ0) is 13.8. The van der Waals surface area contributed by atoms with E-state index in [0.29, 0.717) is 6.61 Å². The number of nitrogens with zero attached hydrogens (tertiary/aromatic N) is 1. The summed E-state index contributed by atoms with van der Waals surface area (Å²) in [4.78, 5) is 0. The van der Waals surface area contributed by atoms with Crippen LogP contribution in [0.15, 0.2) is 36.4 Å². The number of ether oxygens (including phenoxy) is 1. The summed E-state index contributed by atoms with van der Waals surface area (Å²) in [7, 11) is 0. The highest BCUT2D eigenvalue weighted by molar-refractivity contribution is 5.39. The second-order valence-corrected chi connectivity index (χ2v) is 4.41. The summed E-state index contributed by atoms with van der Waals surface area (Å²) in [5.41, 5.74) is 3.07. The molecule has 0 spiro atoms. The maximum Gasteiger partial charge on any atom is 0.140 e. The fourth-order valence-electron chi connectivity index (χ4n) is 1.79. The quantitative estimate of drug-likeness (QED) is 0.833. The Morgan fingerprint density at radius 1 is 1.21 bits per heavy atom. The van der Waals surface area contributed by atoms with Crippen LogP contribution in [0.2, 0.25) is 0 Å². The highest BCUT2D eigenvalue weighted by Gasteiger charge is 2.05. The summed E-state index contributed by atoms with van der Waals surface area (Å²) in [5.74, 6) is 0.306. The lowest BCUT2D eigenvalue weighted by Gasteiger charge is -2.11. The number of nitriles is 1. The summed E-state index contributed by atoms with van der Waals surface area (Å²) in [6.07, 6.45) is 0. The first-order valence-corrected chi connectivity index (χ1v) is 5.99. The van der Waals surface area contributed by atoms with Crippen LogP contribution in [0.5, 0.6) is 5.75 Å². The van der Waals surface area contributed by atoms with E-state index in [2.05, 4.69) is 0 Å². The summed E-state index contributed by atoms with van der Waals surface area (Å²) in [6.45, 7) is 4.34. The van der Waals surface area contributed by atoms with E-state index in [1.54, 1.807) is 6.07 Å². The Kier molecular flexibility index (Phi) is 3.82. The van der Waals surface area contributed by atoms with E-state index in [1.807, 2.05) is 38.1 Å². The molecule has 0 aliphatic rings. The Hall–Kier alpha value is -2.34. The molecular weight excluding hydrogens is 241 g/mol. The Morgan fingerprint density at radius 3 is 2.74 bits per heavy atom. The first kappa shape index (κ1) is 13.1. The van der Waals surface area contributed by atoms with Gasteiger partial charge in [0.25, 0.3) is 0 Å². The predicted molar refractivity (Wildman–Crippen MR) is 71.4 cm³/mol. The van der Waals surface area contributed by atoms with Gasteiger partial charge in [-0.2, -0.15) is 5.26 Å². The molecule has 0 bridgehead atoms. The van der Waals surface area contributed by atoms with Crippen molar-refractivity contribution in [3.05, 3.63) is 64.5 Å². The Labute approximate surface area is 112 Å². The molecular formula is C16H14FNO. The van der Waals surface area contributed by atoms with Crippen LogP contribution in [-0.4, -0.2) is 0 Å². The molecule has 0 fully saturated rings. The normalized spacial score (nSPS) is 10.0. The zero-order valence-corrected chi connectivity index (χ0v) is 10.9. The predicted octanol–water partition coefficient (Wildman–Crippen LogP) is 3.89. The van der Waals surface area contributed by atoms with Crippen LogP contribution in [0.25, 0.3) is 0 Å². The van der Waals surface area contributed by atoms with Gasteiger partial charge in [0.05, 0.1) is 5.56 Å². The fourth-order valence-corrected chi connectivity index (χ4v) is 1.79. The van der Waals surface area contributed by atoms with Crippen molar-refractivity contribution in [2.75, 3.05) is 0 Å². The van der Waals surface area contributed by atoms with Crippen LogP contribution in [0, 0.1) is 31.0 Å². The zero-order valence-electron chi connectivity index (χ0n) is 10.9. The van der Waals surface area contributed by atoms with Crippen LogP contribution >= 0.6 is 0 Å². The first-order valence-electron chi connectivity index (χ1n) is 5.99. The average molecular weight is 255 g/mol. The Morgan fingerprint density at radius 2 is 2.00 bits per heavy atom. The lowest BCUT2D eigenvalue weighted by atomic mass is 10.1. The van der Waals surface area contributed by atoms with Crippen molar-refractivity contribution < 1.29 is 9.13 Å². The van der Waals surface area contributed by atoms with Crippen molar-refractivity contribution in [3.63, 3.8) is 0 Å². The largest absolute Gasteiger partial charge is 0.489 e. The molecule has 0 amide bonds. The van der Waals surface area contributed by atoms with Gasteiger partial charge < -0.3 is 4.74 Å². The number of benzene rings is 2. The summed E-state index contributed by atoms with van der Waals surface area (Å²) in [6, 6.07) is 12.1. The van der Waals surface area contributed by atoms with Gasteiger partial charge in [-0.1, -0.05) is 18.2 Å². The average Bonchev–Trinajstić information content (AvgIpc) is 2.42. The van der Waals surface area contributed by atoms with Gasteiger partial charge in [-0.3, -0.25) is 0 Å². The maximum absolute atomic E-state index is 13.2. The van der Waals surface area contributed by atoms with Crippen molar-refractivity contribution in [2.45, 2.75) is 20.5 Å². The molecule has 3 heteroatoms. The second-order valence-electron chi connectivity index (χ2n) is 4.41. The molecule has 2 aromatic rings. The standard InChI is InChI=1S/C16H14FNO/c1-11-4-3-5-16(12(11)2)19-10-13-6-7-15(17)14(8-13)9-18/h3-8H,10H2,1-2H3. The van der Waals surface area contributed by atoms with Gasteiger partial charge >= 0.3 is 0 Å². The highest BCUT2D eigenvalue weighted by Crippen LogP contribution is 2.22. The molecule has 2 rings (SSSR count). The molecule has 2 nitrogen and oxygen atoms in total. The molecule has 19 heavy (non-hydrogen) atoms. The molecule has 2 aromatic carbocycles. The Balaban J connectivity index is 2.15. The SMILES string of the molecule is Cc1cccc(OCc2ccc(F)c(C#N)c2)c1C. The van der Waals surface area contributed by atoms with Gasteiger partial charge in [-0.15, -0.1) is 0 Å². The van der Waals surface area contributed by atoms with E-state index in [4.69, 9.17) is 10.00 Å². The Bertz CT molecular complexity index is 644. The van der Waals surface area contributed by atoms with Gasteiger partial charge in [-0.25, -0.2) is 4.39 Å². The molecule has 0 heterocycles. The van der Waals surface area contributed by atoms with Crippen LogP contribution in [0.1, 0.15) is 22.3 Å². The van der Waals surface area contributed by atoms with Crippen LogP contribution < -0.4 is 4.74 Å². The second kappa shape index (κ2) is 5.53. The van der Waals surface area contributed by atoms with E-state index in [1.165, 1.54) is 12.1 Å². The molecule has 0 N–H and O–H groups in total. The van der Waals surface area contributed by atoms with Gasteiger partial charge in [0.2, 0.25) is 0 Å². The van der Waals surface area contributed by atoms with Crippen molar-refractivity contribution >= 4 is 0 Å². The minimum absolute atomic E-state index is 0.0436. The molecule has 96 valence electrons. The summed E-state index contributed by atoms with van der Waals surface area (Å²) < 4.78 is 18.9. The van der Waals surface area contributed by atoms with Gasteiger partial charge in [0.1, 0.15) is 24.2 Å². The third-order valence-electron chi connectivity index (χ3n) is 3.10. The lowest BCUT2D eigenvalue weighted by molar-refractivity contribution is 0.303. The highest BCUT2D eigenvalue weighted by atomic mass is 19.1. The van der Waals surface area contributed by atoms with E-state index >= 15 is 0 Å². The summed E-state index contributed by atoms with van der Waals surface area (Å²) >= 11 is 0. The molecule has 0 aliphatic heterocycles. The van der Waals surface area contributed by atoms with Crippen LogP contribution in [-0.2, 0) is 6.61 Å². The van der Waals surface area contributed by atoms with E-state index in [-0.39, 0.29) is 5.56 Å². The van der Waals surface area contributed by atoms with Crippen molar-refractivity contribution in [3.8, 4) is 11.8 Å². The van der Waals surface area contributed by atoms with E-state index < -0.39 is 5.82 Å². The topological polar surface area (TPSA) is 33.0 Å². The van der Waals surface area contributed by atoms with Crippen LogP contribution in [0.3, 0.4) is 0 Å². The number of halogens is 1. The van der Waals surface area contributed by atoms with E-state index in [0.717, 1.165) is 22.4 Å². The molecule has 0 saturated heterocycles. The van der Waals surface area contributed by atoms with Gasteiger partial charge in [0.15, 0.2) is 0 Å². The van der Waals surface area contributed by atoms with E-state index in [9.17, 15) is 4.39 Å². The molecule has 0 aromatic heterocycles. The maximum atomic E-state index is 13.2. The summed E-state index contributed by atoms with van der Waals surface area (Å²) in [5, 5.41) is 8.78. The third-order valence-corrected chi connectivity index (χ3v) is 3.10. The number of hydrogen-bond donors (Lipinski definition) is 0. The monoisotopic (exact) mass is 255 g/mol. The smallest absolute Gasteiger partial charge is 0.140 e. The number of aryl methyl sites for hydroxylation is 1. The van der Waals surface area contributed by atoms with Gasteiger partial charge in [0, 0.05) is 0 Å². The fraction of sp³-hybridized carbons (Fsp3) is 0.188.